The zero-order valence-electron chi connectivity index (χ0n) is 17.3. The predicted octanol–water partition coefficient (Wildman–Crippen LogP) is 5.75. The summed E-state index contributed by atoms with van der Waals surface area (Å²) in [5, 5.41) is 14.0. The van der Waals surface area contributed by atoms with Crippen LogP contribution < -0.4 is 0 Å². The van der Waals surface area contributed by atoms with Crippen molar-refractivity contribution in [3.05, 3.63) is 85.2 Å². The van der Waals surface area contributed by atoms with Crippen LogP contribution in [0, 0.1) is 6.20 Å². The van der Waals surface area contributed by atoms with Gasteiger partial charge in [-0.3, -0.25) is 9.61 Å². The Morgan fingerprint density at radius 3 is 2.31 bits per heavy atom. The average molecular weight is 593 g/mol. The summed E-state index contributed by atoms with van der Waals surface area (Å²) in [5.74, 6) is 0. The molecule has 5 nitrogen and oxygen atoms in total. The quantitative estimate of drug-likeness (QED) is 0.240. The first-order chi connectivity index (χ1) is 15.3. The Bertz CT molecular complexity index is 1790. The van der Waals surface area contributed by atoms with E-state index in [1.165, 1.54) is 21.8 Å². The van der Waals surface area contributed by atoms with Crippen LogP contribution in [0.25, 0.3) is 54.8 Å². The summed E-state index contributed by atoms with van der Waals surface area (Å²) < 4.78 is 6.30. The van der Waals surface area contributed by atoms with Crippen molar-refractivity contribution in [2.45, 2.75) is 13.5 Å². The molecule has 3 aromatic carbocycles. The molecule has 4 heterocycles. The van der Waals surface area contributed by atoms with E-state index >= 15 is 0 Å². The largest absolute Gasteiger partial charge is 0.341 e. The number of hydrogen-bond donors (Lipinski definition) is 0. The van der Waals surface area contributed by atoms with Gasteiger partial charge in [0, 0.05) is 60.3 Å². The van der Waals surface area contributed by atoms with E-state index in [0.29, 0.717) is 0 Å². The fourth-order valence-corrected chi connectivity index (χ4v) is 4.99. The van der Waals surface area contributed by atoms with Crippen molar-refractivity contribution in [1.82, 2.24) is 24.0 Å². The van der Waals surface area contributed by atoms with E-state index in [1.807, 2.05) is 21.5 Å². The third kappa shape index (κ3) is 2.42. The molecule has 4 aromatic heterocycles. The van der Waals surface area contributed by atoms with Crippen LogP contribution >= 0.6 is 0 Å². The van der Waals surface area contributed by atoms with Crippen molar-refractivity contribution in [2.24, 2.45) is 0 Å². The van der Waals surface area contributed by atoms with Crippen LogP contribution in [-0.4, -0.2) is 24.0 Å². The molecule has 0 aliphatic heterocycles. The molecule has 6 heteroatoms. The first-order valence-electron chi connectivity index (χ1n) is 10.5. The Morgan fingerprint density at radius 1 is 0.781 bits per heavy atom. The van der Waals surface area contributed by atoms with Gasteiger partial charge in [-0.25, -0.2) is 0 Å². The molecule has 0 bridgehead atoms. The Kier molecular flexibility index (Phi) is 4.22. The van der Waals surface area contributed by atoms with Crippen molar-refractivity contribution in [2.75, 3.05) is 0 Å². The van der Waals surface area contributed by atoms with E-state index in [2.05, 4.69) is 94.6 Å². The molecule has 0 fully saturated rings. The second-order valence-corrected chi connectivity index (χ2v) is 7.86. The average Bonchev–Trinajstić information content (AvgIpc) is 3.54. The van der Waals surface area contributed by atoms with Crippen LogP contribution in [-0.2, 0) is 26.7 Å². The molecule has 0 amide bonds. The standard InChI is InChI=1S/C26H18N5.Ir/c1-2-29-22-10-6-5-8-19(22)21-15-17(11-12-23(21)29)30-26-20-9-4-3-7-18(20)24-13-14-27-31(24)25(26)16-28-30;/h3-15H,2H2,1H3;/q-1;. The van der Waals surface area contributed by atoms with Gasteiger partial charge in [-0.15, -0.1) is 0 Å². The molecular weight excluding hydrogens is 575 g/mol. The molecule has 0 atom stereocenters. The Balaban J connectivity index is 0.00000196. The Hall–Kier alpha value is -3.47. The fraction of sp³-hybridized carbons (Fsp3) is 0.0769. The van der Waals surface area contributed by atoms with Crippen molar-refractivity contribution < 1.29 is 20.1 Å². The molecule has 0 aliphatic carbocycles. The number of fused-ring (bicyclic) bond motifs is 9. The van der Waals surface area contributed by atoms with E-state index < -0.39 is 0 Å². The van der Waals surface area contributed by atoms with Crippen LogP contribution in [0.15, 0.2) is 79.0 Å². The number of benzene rings is 3. The number of rotatable bonds is 2. The molecule has 0 saturated heterocycles. The topological polar surface area (TPSA) is 40.0 Å². The zero-order valence-corrected chi connectivity index (χ0v) is 19.7. The van der Waals surface area contributed by atoms with Gasteiger partial charge in [-0.1, -0.05) is 65.1 Å². The minimum absolute atomic E-state index is 0. The van der Waals surface area contributed by atoms with Crippen LogP contribution in [0.5, 0.6) is 0 Å². The van der Waals surface area contributed by atoms with Crippen LogP contribution in [0.1, 0.15) is 6.92 Å². The second-order valence-electron chi connectivity index (χ2n) is 7.86. The summed E-state index contributed by atoms with van der Waals surface area (Å²) in [6, 6.07) is 25.7. The summed E-state index contributed by atoms with van der Waals surface area (Å²) in [6.45, 7) is 3.13. The van der Waals surface area contributed by atoms with Gasteiger partial charge in [0.25, 0.3) is 0 Å². The van der Waals surface area contributed by atoms with E-state index in [-0.39, 0.29) is 20.1 Å². The van der Waals surface area contributed by atoms with Gasteiger partial charge in [0.1, 0.15) is 0 Å². The molecule has 1 radical (unpaired) electrons. The van der Waals surface area contributed by atoms with Gasteiger partial charge in [0.05, 0.1) is 5.52 Å². The monoisotopic (exact) mass is 593 g/mol. The molecule has 7 aromatic rings. The van der Waals surface area contributed by atoms with Gasteiger partial charge in [0.15, 0.2) is 0 Å². The molecular formula is C26H18IrN5-. The first kappa shape index (κ1) is 19.2. The van der Waals surface area contributed by atoms with Crippen LogP contribution in [0.3, 0.4) is 0 Å². The summed E-state index contributed by atoms with van der Waals surface area (Å²) in [7, 11) is 0. The van der Waals surface area contributed by atoms with Crippen LogP contribution in [0.2, 0.25) is 0 Å². The van der Waals surface area contributed by atoms with Gasteiger partial charge < -0.3 is 9.25 Å². The SMILES string of the molecule is CCn1c2ccccc2c2cc(-n3n[c-]c4c3c3ccccc3c3ccnn43)ccc21.[Ir]. The molecule has 0 spiro atoms. The van der Waals surface area contributed by atoms with E-state index in [1.54, 1.807) is 0 Å². The minimum Gasteiger partial charge on any atom is -0.341 e. The number of nitrogens with zero attached hydrogens (tertiary/aromatic N) is 5. The number of aryl methyl sites for hydroxylation is 1. The van der Waals surface area contributed by atoms with Crippen LogP contribution in [0.4, 0.5) is 0 Å². The number of pyridine rings is 1. The number of hydrogen-bond acceptors (Lipinski definition) is 2. The molecule has 0 N–H and O–H groups in total. The predicted molar refractivity (Wildman–Crippen MR) is 125 cm³/mol. The van der Waals surface area contributed by atoms with Crippen molar-refractivity contribution in [3.63, 3.8) is 0 Å². The maximum Gasteiger partial charge on any atom is 0.0697 e. The maximum atomic E-state index is 4.68. The fourth-order valence-electron chi connectivity index (χ4n) is 4.99. The van der Waals surface area contributed by atoms with E-state index in [9.17, 15) is 0 Å². The third-order valence-corrected chi connectivity index (χ3v) is 6.32. The molecule has 7 rings (SSSR count). The van der Waals surface area contributed by atoms with Gasteiger partial charge in [-0.05, 0) is 42.6 Å². The normalized spacial score (nSPS) is 11.8. The van der Waals surface area contributed by atoms with E-state index in [0.717, 1.165) is 39.6 Å². The summed E-state index contributed by atoms with van der Waals surface area (Å²) in [6.07, 6.45) is 5.05. The molecule has 32 heavy (non-hydrogen) atoms. The number of para-hydroxylation sites is 1. The summed E-state index contributed by atoms with van der Waals surface area (Å²) in [4.78, 5) is 0. The van der Waals surface area contributed by atoms with Crippen molar-refractivity contribution >= 4 is 49.1 Å². The molecule has 0 unspecified atom stereocenters. The smallest absolute Gasteiger partial charge is 0.0697 e. The maximum absolute atomic E-state index is 4.68. The second kappa shape index (κ2) is 7.02. The Labute approximate surface area is 197 Å². The minimum atomic E-state index is 0. The van der Waals surface area contributed by atoms with E-state index in [4.69, 9.17) is 0 Å². The van der Waals surface area contributed by atoms with Gasteiger partial charge in [-0.2, -0.15) is 5.10 Å². The van der Waals surface area contributed by atoms with Gasteiger partial charge >= 0.3 is 0 Å². The third-order valence-electron chi connectivity index (χ3n) is 6.32. The van der Waals surface area contributed by atoms with Crippen molar-refractivity contribution in [3.8, 4) is 5.69 Å². The first-order valence-corrected chi connectivity index (χ1v) is 10.5. The summed E-state index contributed by atoms with van der Waals surface area (Å²) in [5.41, 5.74) is 6.50. The molecule has 0 aliphatic rings. The molecule has 0 saturated carbocycles. The van der Waals surface area contributed by atoms with Crippen molar-refractivity contribution in [1.29, 1.82) is 0 Å². The molecule has 157 valence electrons. The zero-order chi connectivity index (χ0) is 20.5. The number of aromatic nitrogens is 5. The Morgan fingerprint density at radius 2 is 1.50 bits per heavy atom. The summed E-state index contributed by atoms with van der Waals surface area (Å²) >= 11 is 0. The van der Waals surface area contributed by atoms with Gasteiger partial charge in [0.2, 0.25) is 0 Å².